The molecule has 1 fully saturated rings. The highest BCUT2D eigenvalue weighted by Gasteiger charge is 2.25. The number of likely N-dealkylation sites (tertiary alicyclic amines) is 1. The Bertz CT molecular complexity index is 786. The SMILES string of the molecule is Cc1cc2c(cc1NC(=O)c1cc(C3CCCN3C)[nH]n1)OCO2. The highest BCUT2D eigenvalue weighted by atomic mass is 16.7. The minimum absolute atomic E-state index is 0.212. The molecule has 1 amide bonds. The Kier molecular flexibility index (Phi) is 3.65. The van der Waals surface area contributed by atoms with Gasteiger partial charge in [-0.15, -0.1) is 0 Å². The number of anilines is 1. The average molecular weight is 328 g/mol. The summed E-state index contributed by atoms with van der Waals surface area (Å²) < 4.78 is 10.7. The van der Waals surface area contributed by atoms with Crippen LogP contribution in [-0.2, 0) is 0 Å². The van der Waals surface area contributed by atoms with Crippen molar-refractivity contribution in [2.45, 2.75) is 25.8 Å². The molecule has 126 valence electrons. The van der Waals surface area contributed by atoms with E-state index in [1.54, 1.807) is 6.07 Å². The third-order valence-corrected chi connectivity index (χ3v) is 4.68. The zero-order valence-electron chi connectivity index (χ0n) is 13.8. The summed E-state index contributed by atoms with van der Waals surface area (Å²) in [4.78, 5) is 14.8. The number of fused-ring (bicyclic) bond motifs is 1. The molecule has 7 heteroatoms. The molecule has 0 spiro atoms. The Morgan fingerprint density at radius 3 is 2.88 bits per heavy atom. The molecule has 24 heavy (non-hydrogen) atoms. The summed E-state index contributed by atoms with van der Waals surface area (Å²) in [5, 5.41) is 10.1. The van der Waals surface area contributed by atoms with Crippen LogP contribution in [0.1, 0.15) is 40.6 Å². The van der Waals surface area contributed by atoms with Crippen LogP contribution in [0.5, 0.6) is 11.5 Å². The van der Waals surface area contributed by atoms with Gasteiger partial charge in [0.15, 0.2) is 17.2 Å². The van der Waals surface area contributed by atoms with E-state index in [0.717, 1.165) is 30.6 Å². The summed E-state index contributed by atoms with van der Waals surface area (Å²) in [6, 6.07) is 5.80. The van der Waals surface area contributed by atoms with Crippen molar-refractivity contribution in [3.8, 4) is 11.5 Å². The van der Waals surface area contributed by atoms with Crippen LogP contribution in [0, 0.1) is 6.92 Å². The van der Waals surface area contributed by atoms with Crippen LogP contribution in [0.15, 0.2) is 18.2 Å². The zero-order valence-corrected chi connectivity index (χ0v) is 13.8. The number of ether oxygens (including phenoxy) is 2. The first-order valence-electron chi connectivity index (χ1n) is 8.09. The minimum Gasteiger partial charge on any atom is -0.454 e. The number of hydrogen-bond donors (Lipinski definition) is 2. The monoisotopic (exact) mass is 328 g/mol. The Morgan fingerprint density at radius 2 is 2.12 bits per heavy atom. The van der Waals surface area contributed by atoms with Gasteiger partial charge in [0.2, 0.25) is 6.79 Å². The highest BCUT2D eigenvalue weighted by molar-refractivity contribution is 6.03. The number of aromatic amines is 1. The largest absolute Gasteiger partial charge is 0.454 e. The van der Waals surface area contributed by atoms with Crippen molar-refractivity contribution >= 4 is 11.6 Å². The van der Waals surface area contributed by atoms with Crippen molar-refractivity contribution in [2.24, 2.45) is 0 Å². The molecule has 0 bridgehead atoms. The molecule has 0 saturated carbocycles. The first-order valence-corrected chi connectivity index (χ1v) is 8.09. The van der Waals surface area contributed by atoms with Crippen LogP contribution in [0.25, 0.3) is 0 Å². The van der Waals surface area contributed by atoms with Crippen molar-refractivity contribution in [2.75, 3.05) is 25.7 Å². The predicted octanol–water partition coefficient (Wildman–Crippen LogP) is 2.47. The maximum absolute atomic E-state index is 12.5. The van der Waals surface area contributed by atoms with E-state index in [-0.39, 0.29) is 12.7 Å². The standard InChI is InChI=1S/C17H20N4O3/c1-10-6-15-16(24-9-23-15)8-11(10)18-17(22)13-7-12(19-20-13)14-4-3-5-21(14)2/h6-8,14H,3-5,9H2,1-2H3,(H,18,22)(H,19,20). The number of aryl methyl sites for hydroxylation is 1. The number of nitrogens with one attached hydrogen (secondary N) is 2. The average Bonchev–Trinajstić information content (AvgIpc) is 3.27. The third-order valence-electron chi connectivity index (χ3n) is 4.68. The van der Waals surface area contributed by atoms with Crippen molar-refractivity contribution in [1.82, 2.24) is 15.1 Å². The summed E-state index contributed by atoms with van der Waals surface area (Å²) in [5.74, 6) is 1.11. The van der Waals surface area contributed by atoms with E-state index in [1.807, 2.05) is 19.1 Å². The fourth-order valence-electron chi connectivity index (χ4n) is 3.29. The van der Waals surface area contributed by atoms with Crippen molar-refractivity contribution < 1.29 is 14.3 Å². The third kappa shape index (κ3) is 2.60. The van der Waals surface area contributed by atoms with Gasteiger partial charge in [0.1, 0.15) is 0 Å². The van der Waals surface area contributed by atoms with Crippen molar-refractivity contribution in [3.05, 3.63) is 35.2 Å². The van der Waals surface area contributed by atoms with E-state index in [2.05, 4.69) is 27.5 Å². The summed E-state index contributed by atoms with van der Waals surface area (Å²) in [6.07, 6.45) is 2.25. The van der Waals surface area contributed by atoms with E-state index in [4.69, 9.17) is 9.47 Å². The molecule has 1 saturated heterocycles. The fourth-order valence-corrected chi connectivity index (χ4v) is 3.29. The lowest BCUT2D eigenvalue weighted by atomic mass is 10.1. The molecule has 1 unspecified atom stereocenters. The number of carbonyl (C=O) groups excluding carboxylic acids is 1. The summed E-state index contributed by atoms with van der Waals surface area (Å²) in [7, 11) is 2.09. The molecule has 0 aliphatic carbocycles. The van der Waals surface area contributed by atoms with Crippen LogP contribution in [-0.4, -0.2) is 41.4 Å². The minimum atomic E-state index is -0.236. The number of amides is 1. The van der Waals surface area contributed by atoms with E-state index < -0.39 is 0 Å². The van der Waals surface area contributed by atoms with Gasteiger partial charge in [0.05, 0.1) is 11.7 Å². The lowest BCUT2D eigenvalue weighted by Crippen LogP contribution is -2.17. The molecular formula is C17H20N4O3. The number of benzene rings is 1. The molecule has 2 aromatic rings. The van der Waals surface area contributed by atoms with Gasteiger partial charge in [-0.1, -0.05) is 0 Å². The Morgan fingerprint density at radius 1 is 1.33 bits per heavy atom. The van der Waals surface area contributed by atoms with Gasteiger partial charge in [0, 0.05) is 11.8 Å². The van der Waals surface area contributed by atoms with Crippen molar-refractivity contribution in [3.63, 3.8) is 0 Å². The molecule has 2 N–H and O–H groups in total. The predicted molar refractivity (Wildman–Crippen MR) is 88.4 cm³/mol. The second-order valence-electron chi connectivity index (χ2n) is 6.32. The summed E-state index contributed by atoms with van der Waals surface area (Å²) in [6.45, 7) is 3.20. The fraction of sp³-hybridized carbons (Fsp3) is 0.412. The van der Waals surface area contributed by atoms with Crippen LogP contribution in [0.2, 0.25) is 0 Å². The molecule has 2 aliphatic rings. The summed E-state index contributed by atoms with van der Waals surface area (Å²) in [5.41, 5.74) is 3.00. The number of H-pyrrole nitrogens is 1. The Hall–Kier alpha value is -2.54. The van der Waals surface area contributed by atoms with Crippen LogP contribution in [0.3, 0.4) is 0 Å². The quantitative estimate of drug-likeness (QED) is 0.905. The highest BCUT2D eigenvalue weighted by Crippen LogP contribution is 2.37. The number of rotatable bonds is 3. The van der Waals surface area contributed by atoms with Gasteiger partial charge >= 0.3 is 0 Å². The smallest absolute Gasteiger partial charge is 0.276 e. The number of aromatic nitrogens is 2. The van der Waals surface area contributed by atoms with E-state index >= 15 is 0 Å². The van der Waals surface area contributed by atoms with Gasteiger partial charge < -0.3 is 14.8 Å². The maximum Gasteiger partial charge on any atom is 0.276 e. The Balaban J connectivity index is 1.52. The molecule has 2 aliphatic heterocycles. The van der Waals surface area contributed by atoms with Crippen LogP contribution >= 0.6 is 0 Å². The topological polar surface area (TPSA) is 79.5 Å². The molecule has 4 rings (SSSR count). The number of nitrogens with zero attached hydrogens (tertiary/aromatic N) is 2. The first kappa shape index (κ1) is 15.0. The molecule has 1 atom stereocenters. The van der Waals surface area contributed by atoms with Gasteiger partial charge in [0.25, 0.3) is 5.91 Å². The lowest BCUT2D eigenvalue weighted by molar-refractivity contribution is 0.102. The summed E-state index contributed by atoms with van der Waals surface area (Å²) >= 11 is 0. The van der Waals surface area contributed by atoms with E-state index in [9.17, 15) is 4.79 Å². The van der Waals surface area contributed by atoms with Gasteiger partial charge in [-0.3, -0.25) is 14.8 Å². The molecule has 1 aromatic carbocycles. The zero-order chi connectivity index (χ0) is 16.7. The molecule has 0 radical (unpaired) electrons. The molecular weight excluding hydrogens is 308 g/mol. The number of hydrogen-bond acceptors (Lipinski definition) is 5. The van der Waals surface area contributed by atoms with Crippen LogP contribution in [0.4, 0.5) is 5.69 Å². The van der Waals surface area contributed by atoms with Crippen LogP contribution < -0.4 is 14.8 Å². The van der Waals surface area contributed by atoms with Crippen molar-refractivity contribution in [1.29, 1.82) is 0 Å². The first-order chi connectivity index (χ1) is 11.6. The van der Waals surface area contributed by atoms with E-state index in [0.29, 0.717) is 28.9 Å². The normalized spacial score (nSPS) is 19.7. The van der Waals surface area contributed by atoms with E-state index in [1.165, 1.54) is 0 Å². The second-order valence-corrected chi connectivity index (χ2v) is 6.32. The van der Waals surface area contributed by atoms with Gasteiger partial charge in [-0.2, -0.15) is 5.10 Å². The van der Waals surface area contributed by atoms with Gasteiger partial charge in [-0.05, 0) is 51.1 Å². The second kappa shape index (κ2) is 5.83. The Labute approximate surface area is 139 Å². The molecule has 7 nitrogen and oxygen atoms in total. The molecule has 1 aromatic heterocycles. The molecule has 3 heterocycles. The van der Waals surface area contributed by atoms with Gasteiger partial charge in [-0.25, -0.2) is 0 Å². The lowest BCUT2D eigenvalue weighted by Gasteiger charge is -2.16. The maximum atomic E-state index is 12.5. The number of carbonyl (C=O) groups is 1.